The largest absolute Gasteiger partial charge is 0.497 e. The van der Waals surface area contributed by atoms with Gasteiger partial charge in [0.15, 0.2) is 0 Å². The lowest BCUT2D eigenvalue weighted by Gasteiger charge is -2.37. The molecule has 1 saturated heterocycles. The number of pyridine rings is 1. The lowest BCUT2D eigenvalue weighted by atomic mass is 9.81. The van der Waals surface area contributed by atoms with Crippen molar-refractivity contribution in [2.75, 3.05) is 39.6 Å². The zero-order valence-electron chi connectivity index (χ0n) is 21.5. The molecule has 198 valence electrons. The molecule has 1 aromatic heterocycles. The number of nitrogens with zero attached hydrogens (tertiary/aromatic N) is 2. The molecule has 0 saturated carbocycles. The molecule has 1 fully saturated rings. The van der Waals surface area contributed by atoms with Crippen LogP contribution in [0, 0.1) is 11.8 Å². The number of carboxylic acids is 1. The Balaban J connectivity index is 1.28. The van der Waals surface area contributed by atoms with Crippen molar-refractivity contribution in [3.05, 3.63) is 60.3 Å². The van der Waals surface area contributed by atoms with Crippen molar-refractivity contribution in [3.63, 3.8) is 0 Å². The van der Waals surface area contributed by atoms with Crippen LogP contribution in [0.2, 0.25) is 0 Å². The highest BCUT2D eigenvalue weighted by Crippen LogP contribution is 2.34. The van der Waals surface area contributed by atoms with Gasteiger partial charge < -0.3 is 24.6 Å². The third kappa shape index (κ3) is 7.15. The van der Waals surface area contributed by atoms with Crippen LogP contribution in [0.4, 0.5) is 0 Å². The van der Waals surface area contributed by atoms with E-state index in [-0.39, 0.29) is 5.92 Å². The Morgan fingerprint density at radius 1 is 1.16 bits per heavy atom. The number of rotatable bonds is 12. The molecule has 2 N–H and O–H groups in total. The van der Waals surface area contributed by atoms with Crippen LogP contribution in [-0.4, -0.2) is 65.7 Å². The highest BCUT2D eigenvalue weighted by Gasteiger charge is 2.34. The van der Waals surface area contributed by atoms with Gasteiger partial charge in [0, 0.05) is 23.0 Å². The van der Waals surface area contributed by atoms with Crippen LogP contribution in [-0.2, 0) is 4.79 Å². The number of piperidine rings is 1. The number of benzene rings is 2. The Labute approximate surface area is 222 Å². The molecule has 1 aliphatic heterocycles. The summed E-state index contributed by atoms with van der Waals surface area (Å²) in [7, 11) is 3.29. The van der Waals surface area contributed by atoms with Crippen LogP contribution in [0.1, 0.15) is 37.4 Å². The van der Waals surface area contributed by atoms with E-state index in [0.717, 1.165) is 53.9 Å². The van der Waals surface area contributed by atoms with Gasteiger partial charge in [-0.05, 0) is 98.5 Å². The summed E-state index contributed by atoms with van der Waals surface area (Å²) in [5.74, 6) is 1.45. The second-order valence-electron chi connectivity index (χ2n) is 9.55. The van der Waals surface area contributed by atoms with E-state index in [4.69, 9.17) is 9.47 Å². The average molecular weight is 525 g/mol. The van der Waals surface area contributed by atoms with Crippen molar-refractivity contribution in [1.29, 1.82) is 0 Å². The number of ether oxygens (including phenoxy) is 2. The van der Waals surface area contributed by atoms with Crippen molar-refractivity contribution in [3.8, 4) is 11.5 Å². The first-order valence-electron chi connectivity index (χ1n) is 12.8. The third-order valence-corrected chi connectivity index (χ3v) is 8.32. The molecular weight excluding hydrogens is 488 g/mol. The molecule has 1 unspecified atom stereocenters. The summed E-state index contributed by atoms with van der Waals surface area (Å²) in [6, 6.07) is 15.5. The monoisotopic (exact) mass is 524 g/mol. The summed E-state index contributed by atoms with van der Waals surface area (Å²) in [5.41, 5.74) is 1.61. The number of aliphatic hydroxyl groups excluding tert-OH is 1. The number of aliphatic carboxylic acids is 1. The average Bonchev–Trinajstić information content (AvgIpc) is 2.93. The van der Waals surface area contributed by atoms with Crippen LogP contribution in [0.15, 0.2) is 59.6 Å². The van der Waals surface area contributed by atoms with Crippen molar-refractivity contribution >= 4 is 28.6 Å². The van der Waals surface area contributed by atoms with E-state index >= 15 is 0 Å². The Kier molecular flexibility index (Phi) is 9.66. The van der Waals surface area contributed by atoms with Gasteiger partial charge in [-0.2, -0.15) is 0 Å². The number of carbonyl (C=O) groups is 1. The zero-order valence-corrected chi connectivity index (χ0v) is 22.3. The second kappa shape index (κ2) is 13.1. The van der Waals surface area contributed by atoms with E-state index in [1.165, 1.54) is 4.90 Å². The number of aromatic nitrogens is 1. The maximum Gasteiger partial charge on any atom is 0.308 e. The molecule has 0 amide bonds. The van der Waals surface area contributed by atoms with Gasteiger partial charge in [0.2, 0.25) is 0 Å². The maximum atomic E-state index is 12.1. The molecule has 0 bridgehead atoms. The highest BCUT2D eigenvalue weighted by molar-refractivity contribution is 7.99. The number of thioether (sulfide) groups is 1. The van der Waals surface area contributed by atoms with Gasteiger partial charge in [0.05, 0.1) is 31.8 Å². The quantitative estimate of drug-likeness (QED) is 0.245. The number of hydrogen-bond acceptors (Lipinski definition) is 7. The van der Waals surface area contributed by atoms with Gasteiger partial charge in [0.1, 0.15) is 11.5 Å². The van der Waals surface area contributed by atoms with E-state index in [1.54, 1.807) is 32.2 Å². The first-order valence-corrected chi connectivity index (χ1v) is 13.8. The molecule has 7 nitrogen and oxygen atoms in total. The van der Waals surface area contributed by atoms with Crippen LogP contribution in [0.5, 0.6) is 11.5 Å². The molecule has 0 spiro atoms. The number of aliphatic hydroxyl groups is 1. The van der Waals surface area contributed by atoms with Crippen LogP contribution in [0.25, 0.3) is 10.9 Å². The first kappa shape index (κ1) is 27.2. The minimum Gasteiger partial charge on any atom is -0.497 e. The normalized spacial score (nSPS) is 19.0. The van der Waals surface area contributed by atoms with E-state index in [9.17, 15) is 15.0 Å². The maximum absolute atomic E-state index is 12.1. The van der Waals surface area contributed by atoms with Crippen molar-refractivity contribution in [2.24, 2.45) is 11.8 Å². The Morgan fingerprint density at radius 2 is 1.97 bits per heavy atom. The van der Waals surface area contributed by atoms with Gasteiger partial charge in [-0.25, -0.2) is 0 Å². The minimum atomic E-state index is -0.742. The minimum absolute atomic E-state index is 0.0530. The fourth-order valence-electron chi connectivity index (χ4n) is 5.16. The predicted octanol–water partition coefficient (Wildman–Crippen LogP) is 5.27. The molecule has 37 heavy (non-hydrogen) atoms. The molecule has 2 aromatic carbocycles. The topological polar surface area (TPSA) is 92.1 Å². The fourth-order valence-corrected chi connectivity index (χ4v) is 6.04. The molecule has 2 heterocycles. The van der Waals surface area contributed by atoms with E-state index in [2.05, 4.69) is 16.0 Å². The van der Waals surface area contributed by atoms with Crippen molar-refractivity contribution < 1.29 is 24.5 Å². The fraction of sp³-hybridized carbons (Fsp3) is 0.448. The molecular formula is C29H36N2O5S. The number of likely N-dealkylation sites (tertiary alicyclic amines) is 1. The summed E-state index contributed by atoms with van der Waals surface area (Å²) < 4.78 is 10.6. The number of fused-ring (bicyclic) bond motifs is 1. The molecule has 0 aliphatic carbocycles. The highest BCUT2D eigenvalue weighted by atomic mass is 32.2. The van der Waals surface area contributed by atoms with E-state index in [0.29, 0.717) is 25.1 Å². The van der Waals surface area contributed by atoms with Gasteiger partial charge in [-0.1, -0.05) is 6.07 Å². The van der Waals surface area contributed by atoms with Crippen LogP contribution >= 0.6 is 11.8 Å². The second-order valence-corrected chi connectivity index (χ2v) is 10.7. The van der Waals surface area contributed by atoms with Gasteiger partial charge in [-0.3, -0.25) is 9.78 Å². The zero-order chi connectivity index (χ0) is 26.2. The van der Waals surface area contributed by atoms with E-state index in [1.807, 2.05) is 42.5 Å². The van der Waals surface area contributed by atoms with E-state index < -0.39 is 18.0 Å². The molecule has 0 radical (unpaired) electrons. The molecule has 8 heteroatoms. The predicted molar refractivity (Wildman–Crippen MR) is 146 cm³/mol. The molecule has 1 aliphatic rings. The summed E-state index contributed by atoms with van der Waals surface area (Å²) in [4.78, 5) is 20.0. The van der Waals surface area contributed by atoms with Crippen molar-refractivity contribution in [2.45, 2.75) is 36.7 Å². The summed E-state index contributed by atoms with van der Waals surface area (Å²) >= 11 is 1.80. The number of carboxylic acid groups (broad SMARTS) is 1. The van der Waals surface area contributed by atoms with Crippen LogP contribution < -0.4 is 9.47 Å². The van der Waals surface area contributed by atoms with Gasteiger partial charge in [-0.15, -0.1) is 11.8 Å². The first-order chi connectivity index (χ1) is 18.0. The summed E-state index contributed by atoms with van der Waals surface area (Å²) in [5, 5.41) is 21.8. The molecule has 4 rings (SSSR count). The van der Waals surface area contributed by atoms with Crippen molar-refractivity contribution in [1.82, 2.24) is 9.88 Å². The van der Waals surface area contributed by atoms with Gasteiger partial charge >= 0.3 is 5.97 Å². The smallest absolute Gasteiger partial charge is 0.308 e. The summed E-state index contributed by atoms with van der Waals surface area (Å²) in [6.45, 7) is 2.35. The third-order valence-electron chi connectivity index (χ3n) is 7.24. The Bertz CT molecular complexity index is 1190. The molecule has 3 aromatic rings. The SMILES string of the molecule is COc1cccc(SCCCN2CC[C@@H](CCC(O)c3ccnc4ccc(OC)cc34)[C@@H](C(=O)O)C2)c1. The lowest BCUT2D eigenvalue weighted by Crippen LogP contribution is -2.44. The lowest BCUT2D eigenvalue weighted by molar-refractivity contribution is -0.146. The summed E-state index contributed by atoms with van der Waals surface area (Å²) in [6.07, 6.45) is 4.04. The molecule has 3 atom stereocenters. The Morgan fingerprint density at radius 3 is 2.76 bits per heavy atom. The standard InChI is InChI=1S/C29H36N2O5S/c1-35-21-5-3-6-23(17-21)37-16-4-14-31-15-12-20(26(19-31)29(33)34)7-10-28(32)24-11-13-30-27-9-8-22(36-2)18-25(24)27/h3,5-6,8-9,11,13,17-18,20,26,28,32H,4,7,10,12,14-16,19H2,1-2H3,(H,33,34)/t20-,26+,28?/m1/s1. The Hall–Kier alpha value is -2.81. The number of hydrogen-bond donors (Lipinski definition) is 2. The van der Waals surface area contributed by atoms with Gasteiger partial charge in [0.25, 0.3) is 0 Å². The van der Waals surface area contributed by atoms with Crippen LogP contribution in [0.3, 0.4) is 0 Å². The number of methoxy groups -OCH3 is 2.